The van der Waals surface area contributed by atoms with Crippen molar-refractivity contribution >= 4 is 44.3 Å². The molecule has 3 aromatic heterocycles. The number of Topliss-reactive ketones (excluding diaryl/α,β-unsaturated/α-hetero) is 1. The fraction of sp³-hybridized carbons (Fsp3) is 0.0952. The number of halogens is 1. The highest BCUT2D eigenvalue weighted by Gasteiger charge is 2.21. The number of fused-ring (bicyclic) bond motifs is 3. The molecule has 236 valence electrons. The van der Waals surface area contributed by atoms with Crippen LogP contribution in [0, 0.1) is 13.8 Å². The van der Waals surface area contributed by atoms with Gasteiger partial charge >= 0.3 is 0 Å². The Morgan fingerprint density at radius 1 is 0.688 bits per heavy atom. The summed E-state index contributed by atoms with van der Waals surface area (Å²) < 4.78 is 16.9. The molecule has 0 saturated carbocycles. The zero-order chi connectivity index (χ0) is 31.9. The van der Waals surface area contributed by atoms with E-state index in [1.54, 1.807) is 0 Å². The summed E-state index contributed by atoms with van der Waals surface area (Å²) in [6.07, 6.45) is 4.20. The zero-order valence-electron chi connectivity index (χ0n) is 26.7. The topological polar surface area (TPSA) is 52.2 Å². The van der Waals surface area contributed by atoms with Crippen LogP contribution >= 0.6 is 0 Å². The van der Waals surface area contributed by atoms with Gasteiger partial charge in [-0.25, -0.2) is 9.13 Å². The number of hydrogen-bond donors (Lipinski definition) is 0. The van der Waals surface area contributed by atoms with E-state index in [0.29, 0.717) is 12.1 Å². The smallest absolute Gasteiger partial charge is 0.245 e. The minimum Gasteiger partial charge on any atom is -1.00 e. The van der Waals surface area contributed by atoms with E-state index in [4.69, 9.17) is 8.83 Å². The first-order valence-corrected chi connectivity index (χ1v) is 15.9. The molecule has 0 spiro atoms. The molecule has 0 amide bonds. The van der Waals surface area contributed by atoms with E-state index < -0.39 is 0 Å². The average Bonchev–Trinajstić information content (AvgIpc) is 3.81. The van der Waals surface area contributed by atoms with E-state index in [1.807, 2.05) is 85.2 Å². The number of aryl methyl sites for hydroxylation is 2. The standard InChI is InChI=1S/C42H33N2O3.BrH/c1-28-22-36-37(23-29(28)2)44(26-38(45)32-18-16-31(17-19-32)30-10-4-3-5-11-30)27-43(36)21-20-35(41-24-33-12-6-8-14-39(33)46-41)42-25-34-13-7-9-15-40(34)47-42;/h3-20,22-25,27H,21,26H2,1-2H3;1H/q+1;/p-1. The number of imidazole rings is 1. The summed E-state index contributed by atoms with van der Waals surface area (Å²) in [5.74, 6) is 1.55. The van der Waals surface area contributed by atoms with E-state index >= 15 is 0 Å². The van der Waals surface area contributed by atoms with Gasteiger partial charge in [0.05, 0.1) is 5.57 Å². The molecule has 5 nitrogen and oxygen atoms in total. The molecule has 0 saturated heterocycles. The molecule has 0 radical (unpaired) electrons. The Morgan fingerprint density at radius 3 is 1.88 bits per heavy atom. The van der Waals surface area contributed by atoms with Crippen molar-refractivity contribution in [2.24, 2.45) is 0 Å². The molecule has 0 aliphatic carbocycles. The Labute approximate surface area is 289 Å². The molecule has 3 heterocycles. The SMILES string of the molecule is Cc1cc2c(cc1C)[n+](CC(=O)c1ccc(-c3ccccc3)cc1)cn2CC=C(c1cc2ccccc2o1)c1cc2ccccc2o1.[Br-]. The Morgan fingerprint density at radius 2 is 1.25 bits per heavy atom. The van der Waals surface area contributed by atoms with Crippen molar-refractivity contribution in [1.82, 2.24) is 4.57 Å². The lowest BCUT2D eigenvalue weighted by Crippen LogP contribution is -3.00. The van der Waals surface area contributed by atoms with Crippen LogP contribution in [-0.2, 0) is 13.1 Å². The summed E-state index contributed by atoms with van der Waals surface area (Å²) >= 11 is 0. The number of carbonyl (C=O) groups is 1. The number of allylic oxidation sites excluding steroid dienone is 1. The quantitative estimate of drug-likeness (QED) is 0.131. The number of furan rings is 2. The zero-order valence-corrected chi connectivity index (χ0v) is 28.3. The highest BCUT2D eigenvalue weighted by molar-refractivity contribution is 5.96. The third-order valence-electron chi connectivity index (χ3n) is 8.99. The lowest BCUT2D eigenvalue weighted by molar-refractivity contribution is -0.657. The van der Waals surface area contributed by atoms with Crippen LogP contribution in [0.25, 0.3) is 49.7 Å². The van der Waals surface area contributed by atoms with Gasteiger partial charge in [0.1, 0.15) is 29.2 Å². The van der Waals surface area contributed by atoms with E-state index in [0.717, 1.165) is 61.2 Å². The van der Waals surface area contributed by atoms with Crippen molar-refractivity contribution in [1.29, 1.82) is 0 Å². The molecule has 0 bridgehead atoms. The van der Waals surface area contributed by atoms with Gasteiger partial charge in [0.25, 0.3) is 0 Å². The number of nitrogens with zero attached hydrogens (tertiary/aromatic N) is 2. The minimum atomic E-state index is 0. The van der Waals surface area contributed by atoms with Gasteiger partial charge in [0, 0.05) is 16.3 Å². The van der Waals surface area contributed by atoms with Crippen molar-refractivity contribution < 1.29 is 35.2 Å². The Kier molecular flexibility index (Phi) is 8.42. The molecule has 0 aliphatic heterocycles. The molecule has 0 fully saturated rings. The summed E-state index contributed by atoms with van der Waals surface area (Å²) in [5.41, 5.74) is 9.92. The first kappa shape index (κ1) is 31.2. The summed E-state index contributed by atoms with van der Waals surface area (Å²) in [4.78, 5) is 13.6. The first-order chi connectivity index (χ1) is 23.0. The molecule has 5 aromatic carbocycles. The van der Waals surface area contributed by atoms with E-state index in [2.05, 4.69) is 77.6 Å². The maximum Gasteiger partial charge on any atom is 0.245 e. The number of rotatable bonds is 8. The van der Waals surface area contributed by atoms with Crippen molar-refractivity contribution in [2.45, 2.75) is 26.9 Å². The first-order valence-electron chi connectivity index (χ1n) is 15.9. The van der Waals surface area contributed by atoms with Crippen molar-refractivity contribution in [2.75, 3.05) is 0 Å². The van der Waals surface area contributed by atoms with Crippen LogP contribution in [0.5, 0.6) is 0 Å². The number of ketones is 1. The minimum absolute atomic E-state index is 0. The molecule has 0 atom stereocenters. The second kappa shape index (κ2) is 13.0. The van der Waals surface area contributed by atoms with Gasteiger partial charge in [0.2, 0.25) is 12.1 Å². The van der Waals surface area contributed by atoms with Crippen molar-refractivity contribution in [3.05, 3.63) is 168 Å². The molecule has 8 aromatic rings. The number of hydrogen-bond acceptors (Lipinski definition) is 3. The van der Waals surface area contributed by atoms with Gasteiger partial charge < -0.3 is 25.8 Å². The molecule has 0 aliphatic rings. The van der Waals surface area contributed by atoms with Crippen molar-refractivity contribution in [3.63, 3.8) is 0 Å². The third-order valence-corrected chi connectivity index (χ3v) is 8.99. The van der Waals surface area contributed by atoms with Crippen LogP contribution < -0.4 is 21.5 Å². The van der Waals surface area contributed by atoms with Gasteiger partial charge in [-0.2, -0.15) is 0 Å². The molecule has 6 heteroatoms. The summed E-state index contributed by atoms with van der Waals surface area (Å²) in [7, 11) is 0. The molecule has 0 N–H and O–H groups in total. The monoisotopic (exact) mass is 692 g/mol. The summed E-state index contributed by atoms with van der Waals surface area (Å²) in [6.45, 7) is 5.03. The predicted octanol–water partition coefficient (Wildman–Crippen LogP) is 6.72. The molecule has 48 heavy (non-hydrogen) atoms. The second-order valence-electron chi connectivity index (χ2n) is 12.1. The maximum absolute atomic E-state index is 13.6. The molecule has 0 unspecified atom stereocenters. The van der Waals surface area contributed by atoms with Gasteiger partial charge in [0.15, 0.2) is 17.6 Å². The predicted molar refractivity (Wildman–Crippen MR) is 187 cm³/mol. The highest BCUT2D eigenvalue weighted by Crippen LogP contribution is 2.33. The largest absolute Gasteiger partial charge is 1.00 e. The highest BCUT2D eigenvalue weighted by atomic mass is 79.9. The lowest BCUT2D eigenvalue weighted by Gasteiger charge is -2.04. The Bertz CT molecular complexity index is 2300. The van der Waals surface area contributed by atoms with Gasteiger partial charge in [-0.1, -0.05) is 91.0 Å². The normalized spacial score (nSPS) is 11.2. The average molecular weight is 694 g/mol. The lowest BCUT2D eigenvalue weighted by atomic mass is 10.0. The third kappa shape index (κ3) is 5.91. The summed E-state index contributed by atoms with van der Waals surface area (Å²) in [5, 5.41) is 2.07. The van der Waals surface area contributed by atoms with Crippen LogP contribution in [0.3, 0.4) is 0 Å². The molecule has 8 rings (SSSR count). The fourth-order valence-corrected chi connectivity index (χ4v) is 6.28. The van der Waals surface area contributed by atoms with Crippen LogP contribution in [-0.4, -0.2) is 10.4 Å². The summed E-state index contributed by atoms with van der Waals surface area (Å²) in [6, 6.07) is 42.7. The van der Waals surface area contributed by atoms with E-state index in [9.17, 15) is 4.79 Å². The van der Waals surface area contributed by atoms with E-state index in [1.165, 1.54) is 11.1 Å². The van der Waals surface area contributed by atoms with Gasteiger partial charge in [-0.3, -0.25) is 4.79 Å². The van der Waals surface area contributed by atoms with Crippen molar-refractivity contribution in [3.8, 4) is 11.1 Å². The fourth-order valence-electron chi connectivity index (χ4n) is 6.28. The number of aromatic nitrogens is 2. The van der Waals surface area contributed by atoms with Crippen LogP contribution in [0.1, 0.15) is 33.0 Å². The van der Waals surface area contributed by atoms with Crippen LogP contribution in [0.15, 0.2) is 149 Å². The molecular formula is C42H33BrN2O3. The number of benzene rings is 5. The Balaban J connectivity index is 0.00000364. The Hall–Kier alpha value is -5.46. The number of para-hydroxylation sites is 2. The van der Waals surface area contributed by atoms with Gasteiger partial charge in [-0.05, 0) is 78.6 Å². The van der Waals surface area contributed by atoms with Crippen LogP contribution in [0.2, 0.25) is 0 Å². The van der Waals surface area contributed by atoms with Crippen LogP contribution in [0.4, 0.5) is 0 Å². The van der Waals surface area contributed by atoms with Gasteiger partial charge in [-0.15, -0.1) is 0 Å². The van der Waals surface area contributed by atoms with E-state index in [-0.39, 0.29) is 29.3 Å². The molecular weight excluding hydrogens is 660 g/mol. The second-order valence-corrected chi connectivity index (χ2v) is 12.1. The maximum atomic E-state index is 13.6. The number of carbonyl (C=O) groups excluding carboxylic acids is 1.